The molecule has 1 aliphatic heterocycles. The summed E-state index contributed by atoms with van der Waals surface area (Å²) >= 11 is 0. The van der Waals surface area contributed by atoms with Crippen LogP contribution in [-0.2, 0) is 13.1 Å². The van der Waals surface area contributed by atoms with Crippen LogP contribution < -0.4 is 5.32 Å². The number of aryl methyl sites for hydroxylation is 1. The molecule has 4 nitrogen and oxygen atoms in total. The Labute approximate surface area is 116 Å². The summed E-state index contributed by atoms with van der Waals surface area (Å²) in [7, 11) is 0. The molecule has 2 aliphatic rings. The molecule has 0 aromatic carbocycles. The average Bonchev–Trinajstić information content (AvgIpc) is 3.04. The standard InChI is InChI=1S/C15H26N4/c1-3-19-11-14(8-17-19)10-18-9-13(2)16-12-15(18)6-4-5-7-15/h8,11,13,16H,3-7,9-10,12H2,1-2H3. The monoisotopic (exact) mass is 262 g/mol. The Hall–Kier alpha value is -0.870. The average molecular weight is 262 g/mol. The van der Waals surface area contributed by atoms with Crippen LogP contribution in [0.4, 0.5) is 0 Å². The third-order valence-corrected chi connectivity index (χ3v) is 4.86. The van der Waals surface area contributed by atoms with Crippen molar-refractivity contribution in [3.8, 4) is 0 Å². The molecule has 2 heterocycles. The van der Waals surface area contributed by atoms with Crippen molar-refractivity contribution in [1.82, 2.24) is 20.0 Å². The lowest BCUT2D eigenvalue weighted by Crippen LogP contribution is -2.62. The largest absolute Gasteiger partial charge is 0.311 e. The Morgan fingerprint density at radius 2 is 2.21 bits per heavy atom. The molecule has 0 amide bonds. The van der Waals surface area contributed by atoms with Crippen LogP contribution in [0.25, 0.3) is 0 Å². The van der Waals surface area contributed by atoms with Gasteiger partial charge in [0.25, 0.3) is 0 Å². The van der Waals surface area contributed by atoms with Gasteiger partial charge in [0.1, 0.15) is 0 Å². The molecule has 1 aromatic heterocycles. The van der Waals surface area contributed by atoms with Crippen molar-refractivity contribution in [2.24, 2.45) is 0 Å². The lowest BCUT2D eigenvalue weighted by molar-refractivity contribution is 0.0392. The van der Waals surface area contributed by atoms with E-state index in [4.69, 9.17) is 0 Å². The van der Waals surface area contributed by atoms with Crippen molar-refractivity contribution in [2.45, 2.75) is 64.2 Å². The van der Waals surface area contributed by atoms with E-state index in [1.54, 1.807) is 0 Å². The molecular formula is C15H26N4. The molecule has 1 aromatic rings. The summed E-state index contributed by atoms with van der Waals surface area (Å²) in [5, 5.41) is 8.09. The molecule has 1 N–H and O–H groups in total. The van der Waals surface area contributed by atoms with Crippen LogP contribution >= 0.6 is 0 Å². The van der Waals surface area contributed by atoms with Gasteiger partial charge in [-0.15, -0.1) is 0 Å². The van der Waals surface area contributed by atoms with Gasteiger partial charge in [0.2, 0.25) is 0 Å². The smallest absolute Gasteiger partial charge is 0.0534 e. The second-order valence-corrected chi connectivity index (χ2v) is 6.30. The van der Waals surface area contributed by atoms with E-state index in [0.29, 0.717) is 11.6 Å². The fourth-order valence-electron chi connectivity index (χ4n) is 3.70. The molecule has 19 heavy (non-hydrogen) atoms. The molecule has 1 spiro atoms. The highest BCUT2D eigenvalue weighted by molar-refractivity contribution is 5.08. The lowest BCUT2D eigenvalue weighted by atomic mass is 9.91. The van der Waals surface area contributed by atoms with E-state index in [0.717, 1.165) is 26.2 Å². The van der Waals surface area contributed by atoms with Gasteiger partial charge in [-0.1, -0.05) is 12.8 Å². The SMILES string of the molecule is CCn1cc(CN2CC(C)NCC23CCCC3)cn1. The fraction of sp³-hybridized carbons (Fsp3) is 0.800. The van der Waals surface area contributed by atoms with Gasteiger partial charge in [-0.05, 0) is 26.7 Å². The maximum atomic E-state index is 4.41. The molecule has 2 fully saturated rings. The first-order chi connectivity index (χ1) is 9.22. The predicted molar refractivity (Wildman–Crippen MR) is 77.0 cm³/mol. The Kier molecular flexibility index (Phi) is 3.63. The second-order valence-electron chi connectivity index (χ2n) is 6.30. The number of nitrogens with one attached hydrogen (secondary N) is 1. The van der Waals surface area contributed by atoms with E-state index >= 15 is 0 Å². The fourth-order valence-corrected chi connectivity index (χ4v) is 3.70. The minimum absolute atomic E-state index is 0.417. The third kappa shape index (κ3) is 2.56. The topological polar surface area (TPSA) is 33.1 Å². The summed E-state index contributed by atoms with van der Waals surface area (Å²) in [6, 6.07) is 0.604. The van der Waals surface area contributed by atoms with Crippen LogP contribution in [0.5, 0.6) is 0 Å². The number of hydrogen-bond donors (Lipinski definition) is 1. The van der Waals surface area contributed by atoms with Crippen molar-refractivity contribution in [1.29, 1.82) is 0 Å². The van der Waals surface area contributed by atoms with Crippen molar-refractivity contribution >= 4 is 0 Å². The summed E-state index contributed by atoms with van der Waals surface area (Å²) < 4.78 is 2.03. The number of hydrogen-bond acceptors (Lipinski definition) is 3. The minimum atomic E-state index is 0.417. The van der Waals surface area contributed by atoms with Gasteiger partial charge in [-0.2, -0.15) is 5.10 Å². The minimum Gasteiger partial charge on any atom is -0.311 e. The van der Waals surface area contributed by atoms with E-state index in [2.05, 4.69) is 35.4 Å². The summed E-state index contributed by atoms with van der Waals surface area (Å²) in [4.78, 5) is 2.72. The van der Waals surface area contributed by atoms with Gasteiger partial charge in [0.05, 0.1) is 6.20 Å². The molecule has 3 rings (SSSR count). The second kappa shape index (κ2) is 5.25. The first-order valence-electron chi connectivity index (χ1n) is 7.72. The van der Waals surface area contributed by atoms with Crippen LogP contribution in [0.15, 0.2) is 12.4 Å². The number of rotatable bonds is 3. The maximum Gasteiger partial charge on any atom is 0.0534 e. The molecule has 1 atom stereocenters. The Morgan fingerprint density at radius 1 is 1.42 bits per heavy atom. The van der Waals surface area contributed by atoms with E-state index in [-0.39, 0.29) is 0 Å². The molecular weight excluding hydrogens is 236 g/mol. The van der Waals surface area contributed by atoms with Crippen LogP contribution in [-0.4, -0.2) is 39.4 Å². The van der Waals surface area contributed by atoms with Crippen LogP contribution in [0.3, 0.4) is 0 Å². The predicted octanol–water partition coefficient (Wildman–Crippen LogP) is 2.01. The summed E-state index contributed by atoms with van der Waals surface area (Å²) in [6.07, 6.45) is 9.74. The summed E-state index contributed by atoms with van der Waals surface area (Å²) in [5.74, 6) is 0. The van der Waals surface area contributed by atoms with Crippen molar-refractivity contribution in [2.75, 3.05) is 13.1 Å². The van der Waals surface area contributed by atoms with Crippen LogP contribution in [0.2, 0.25) is 0 Å². The van der Waals surface area contributed by atoms with E-state index in [1.807, 2.05) is 10.9 Å². The lowest BCUT2D eigenvalue weighted by Gasteiger charge is -2.47. The molecule has 1 saturated heterocycles. The highest BCUT2D eigenvalue weighted by atomic mass is 15.3. The Morgan fingerprint density at radius 3 is 2.89 bits per heavy atom. The highest BCUT2D eigenvalue weighted by Gasteiger charge is 2.42. The Bertz CT molecular complexity index is 420. The molecule has 1 unspecified atom stereocenters. The normalized spacial score (nSPS) is 27.2. The molecule has 0 bridgehead atoms. The maximum absolute atomic E-state index is 4.41. The zero-order chi connectivity index (χ0) is 13.3. The summed E-state index contributed by atoms with van der Waals surface area (Å²) in [6.45, 7) is 8.79. The van der Waals surface area contributed by atoms with Gasteiger partial charge in [-0.25, -0.2) is 0 Å². The first kappa shape index (κ1) is 13.1. The van der Waals surface area contributed by atoms with Gasteiger partial charge in [-0.3, -0.25) is 9.58 Å². The third-order valence-electron chi connectivity index (χ3n) is 4.86. The molecule has 106 valence electrons. The van der Waals surface area contributed by atoms with E-state index < -0.39 is 0 Å². The quantitative estimate of drug-likeness (QED) is 0.904. The first-order valence-corrected chi connectivity index (χ1v) is 7.72. The van der Waals surface area contributed by atoms with E-state index in [1.165, 1.54) is 31.2 Å². The van der Waals surface area contributed by atoms with Gasteiger partial charge in [0.15, 0.2) is 0 Å². The van der Waals surface area contributed by atoms with Crippen LogP contribution in [0.1, 0.15) is 45.1 Å². The Balaban J connectivity index is 1.75. The molecule has 4 heteroatoms. The van der Waals surface area contributed by atoms with Crippen molar-refractivity contribution in [3.05, 3.63) is 18.0 Å². The van der Waals surface area contributed by atoms with Gasteiger partial charge in [0, 0.05) is 49.5 Å². The molecule has 1 saturated carbocycles. The number of piperazine rings is 1. The van der Waals surface area contributed by atoms with Gasteiger partial charge >= 0.3 is 0 Å². The molecule has 1 aliphatic carbocycles. The van der Waals surface area contributed by atoms with Crippen molar-refractivity contribution in [3.63, 3.8) is 0 Å². The zero-order valence-corrected chi connectivity index (χ0v) is 12.2. The number of nitrogens with zero attached hydrogens (tertiary/aromatic N) is 3. The van der Waals surface area contributed by atoms with Crippen LogP contribution in [0, 0.1) is 0 Å². The number of aromatic nitrogens is 2. The zero-order valence-electron chi connectivity index (χ0n) is 12.2. The van der Waals surface area contributed by atoms with Gasteiger partial charge < -0.3 is 5.32 Å². The van der Waals surface area contributed by atoms with E-state index in [9.17, 15) is 0 Å². The summed E-state index contributed by atoms with van der Waals surface area (Å²) in [5.41, 5.74) is 1.78. The van der Waals surface area contributed by atoms with Crippen molar-refractivity contribution < 1.29 is 0 Å². The highest BCUT2D eigenvalue weighted by Crippen LogP contribution is 2.37. The molecule has 0 radical (unpaired) electrons.